The largest absolute Gasteiger partial charge is 0.337 e. The van der Waals surface area contributed by atoms with Gasteiger partial charge in [0, 0.05) is 43.9 Å². The van der Waals surface area contributed by atoms with E-state index in [-0.39, 0.29) is 5.91 Å². The van der Waals surface area contributed by atoms with Crippen LogP contribution in [0.15, 0.2) is 12.3 Å². The van der Waals surface area contributed by atoms with Crippen molar-refractivity contribution in [1.82, 2.24) is 24.9 Å². The van der Waals surface area contributed by atoms with E-state index in [4.69, 9.17) is 0 Å². The molecule has 3 heterocycles. The average Bonchev–Trinajstić information content (AvgIpc) is 3.19. The van der Waals surface area contributed by atoms with Crippen molar-refractivity contribution in [3.63, 3.8) is 0 Å². The third-order valence-electron chi connectivity index (χ3n) is 4.68. The van der Waals surface area contributed by atoms with Crippen LogP contribution in [-0.4, -0.2) is 43.9 Å². The summed E-state index contributed by atoms with van der Waals surface area (Å²) in [6, 6.07) is 1.81. The molecule has 1 fully saturated rings. The van der Waals surface area contributed by atoms with Crippen LogP contribution in [-0.2, 0) is 19.4 Å². The van der Waals surface area contributed by atoms with E-state index in [1.807, 2.05) is 24.1 Å². The first kappa shape index (κ1) is 13.5. The number of fused-ring (bicyclic) bond motifs is 1. The van der Waals surface area contributed by atoms with Gasteiger partial charge in [0.25, 0.3) is 5.91 Å². The van der Waals surface area contributed by atoms with Crippen molar-refractivity contribution in [3.05, 3.63) is 34.9 Å². The molecule has 1 aliphatic carbocycles. The number of amides is 1. The van der Waals surface area contributed by atoms with Gasteiger partial charge in [-0.25, -0.2) is 0 Å². The first-order valence-electron chi connectivity index (χ1n) is 8.15. The van der Waals surface area contributed by atoms with Gasteiger partial charge in [0.1, 0.15) is 5.69 Å². The number of carbonyl (C=O) groups is 1. The van der Waals surface area contributed by atoms with Crippen molar-refractivity contribution in [2.24, 2.45) is 0 Å². The Morgan fingerprint density at radius 1 is 1.36 bits per heavy atom. The van der Waals surface area contributed by atoms with Crippen molar-refractivity contribution in [2.75, 3.05) is 13.1 Å². The summed E-state index contributed by atoms with van der Waals surface area (Å²) in [6.45, 7) is 4.29. The number of nitrogens with one attached hydrogen (secondary N) is 1. The van der Waals surface area contributed by atoms with Crippen LogP contribution in [0.1, 0.15) is 53.1 Å². The number of hydrogen-bond donors (Lipinski definition) is 1. The van der Waals surface area contributed by atoms with E-state index in [0.717, 1.165) is 32.5 Å². The molecule has 0 atom stereocenters. The van der Waals surface area contributed by atoms with Crippen molar-refractivity contribution in [2.45, 2.75) is 45.1 Å². The minimum atomic E-state index is 0.0401. The topological polar surface area (TPSA) is 66.8 Å². The van der Waals surface area contributed by atoms with Gasteiger partial charge in [-0.2, -0.15) is 10.2 Å². The summed E-state index contributed by atoms with van der Waals surface area (Å²) < 4.78 is 1.79. The Morgan fingerprint density at radius 2 is 2.18 bits per heavy atom. The third-order valence-corrected chi connectivity index (χ3v) is 4.68. The minimum Gasteiger partial charge on any atom is -0.337 e. The molecule has 116 valence electrons. The van der Waals surface area contributed by atoms with Crippen molar-refractivity contribution in [3.8, 4) is 0 Å². The normalized spacial score (nSPS) is 18.1. The fourth-order valence-electron chi connectivity index (χ4n) is 3.22. The molecule has 2 aliphatic rings. The maximum atomic E-state index is 12.6. The Labute approximate surface area is 129 Å². The molecule has 1 amide bonds. The number of rotatable bonds is 3. The lowest BCUT2D eigenvalue weighted by Gasteiger charge is -2.19. The first-order valence-corrected chi connectivity index (χ1v) is 8.15. The molecule has 22 heavy (non-hydrogen) atoms. The van der Waals surface area contributed by atoms with Gasteiger partial charge in [0.05, 0.1) is 5.69 Å². The van der Waals surface area contributed by atoms with Gasteiger partial charge in [-0.1, -0.05) is 0 Å². The lowest BCUT2D eigenvalue weighted by Crippen LogP contribution is -2.33. The van der Waals surface area contributed by atoms with E-state index in [1.54, 1.807) is 4.68 Å². The highest BCUT2D eigenvalue weighted by Gasteiger charge is 2.31. The monoisotopic (exact) mass is 299 g/mol. The second kappa shape index (κ2) is 5.26. The number of aromatic nitrogens is 4. The molecular formula is C16H21N5O. The molecule has 1 aliphatic heterocycles. The Balaban J connectivity index is 1.50. The fraction of sp³-hybridized carbons (Fsp3) is 0.562. The van der Waals surface area contributed by atoms with Gasteiger partial charge < -0.3 is 4.90 Å². The predicted octanol–water partition coefficient (Wildman–Crippen LogP) is 1.74. The Morgan fingerprint density at radius 3 is 2.91 bits per heavy atom. The summed E-state index contributed by atoms with van der Waals surface area (Å²) in [6.07, 6.45) is 6.14. The summed E-state index contributed by atoms with van der Waals surface area (Å²) >= 11 is 0. The first-order chi connectivity index (χ1) is 10.8. The molecule has 0 saturated heterocycles. The molecular weight excluding hydrogens is 278 g/mol. The highest BCUT2D eigenvalue weighted by molar-refractivity contribution is 5.92. The quantitative estimate of drug-likeness (QED) is 0.939. The molecule has 0 aromatic carbocycles. The van der Waals surface area contributed by atoms with Gasteiger partial charge in [0.2, 0.25) is 0 Å². The number of carbonyl (C=O) groups excluding carboxylic acids is 1. The van der Waals surface area contributed by atoms with E-state index >= 15 is 0 Å². The number of hydrogen-bond acceptors (Lipinski definition) is 3. The minimum absolute atomic E-state index is 0.0401. The highest BCUT2D eigenvalue weighted by Crippen LogP contribution is 2.41. The van der Waals surface area contributed by atoms with Gasteiger partial charge in [-0.15, -0.1) is 0 Å². The number of H-pyrrole nitrogens is 1. The SMILES string of the molecule is CCn1ccc(C(=O)N2CCc3[nH]nc(C4CC4)c3CC2)n1. The summed E-state index contributed by atoms with van der Waals surface area (Å²) in [5, 5.41) is 12.0. The van der Waals surface area contributed by atoms with Crippen LogP contribution in [0.4, 0.5) is 0 Å². The lowest BCUT2D eigenvalue weighted by molar-refractivity contribution is 0.0756. The van der Waals surface area contributed by atoms with E-state index in [2.05, 4.69) is 15.3 Å². The Kier molecular flexibility index (Phi) is 3.24. The van der Waals surface area contributed by atoms with Crippen LogP contribution < -0.4 is 0 Å². The van der Waals surface area contributed by atoms with E-state index in [1.165, 1.54) is 29.8 Å². The maximum Gasteiger partial charge on any atom is 0.274 e. The van der Waals surface area contributed by atoms with Crippen LogP contribution in [0.5, 0.6) is 0 Å². The third kappa shape index (κ3) is 2.32. The van der Waals surface area contributed by atoms with E-state index in [0.29, 0.717) is 11.6 Å². The van der Waals surface area contributed by atoms with Gasteiger partial charge >= 0.3 is 0 Å². The molecule has 1 N–H and O–H groups in total. The van der Waals surface area contributed by atoms with E-state index < -0.39 is 0 Å². The Bertz CT molecular complexity index is 697. The number of aryl methyl sites for hydroxylation is 1. The molecule has 1 saturated carbocycles. The smallest absolute Gasteiger partial charge is 0.274 e. The zero-order chi connectivity index (χ0) is 15.1. The molecule has 0 bridgehead atoms. The molecule has 6 nitrogen and oxygen atoms in total. The van der Waals surface area contributed by atoms with E-state index in [9.17, 15) is 4.79 Å². The molecule has 2 aromatic heterocycles. The second-order valence-corrected chi connectivity index (χ2v) is 6.19. The van der Waals surface area contributed by atoms with Crippen molar-refractivity contribution >= 4 is 5.91 Å². The molecule has 6 heteroatoms. The standard InChI is InChI=1S/C16H21N5O/c1-2-21-10-7-14(19-21)16(22)20-8-5-12-13(6-9-20)17-18-15(12)11-3-4-11/h7,10-11H,2-6,8-9H2,1H3,(H,17,18). The maximum absolute atomic E-state index is 12.6. The number of aromatic amines is 1. The van der Waals surface area contributed by atoms with Crippen molar-refractivity contribution in [1.29, 1.82) is 0 Å². The second-order valence-electron chi connectivity index (χ2n) is 6.19. The molecule has 0 radical (unpaired) electrons. The van der Waals surface area contributed by atoms with Gasteiger partial charge in [0.15, 0.2) is 0 Å². The summed E-state index contributed by atoms with van der Waals surface area (Å²) in [7, 11) is 0. The van der Waals surface area contributed by atoms with Gasteiger partial charge in [-0.05, 0) is 37.8 Å². The average molecular weight is 299 g/mol. The van der Waals surface area contributed by atoms with Crippen LogP contribution in [0.3, 0.4) is 0 Å². The number of nitrogens with zero attached hydrogens (tertiary/aromatic N) is 4. The summed E-state index contributed by atoms with van der Waals surface area (Å²) in [5.74, 6) is 0.695. The molecule has 0 spiro atoms. The van der Waals surface area contributed by atoms with Crippen LogP contribution >= 0.6 is 0 Å². The van der Waals surface area contributed by atoms with Crippen LogP contribution in [0.2, 0.25) is 0 Å². The molecule has 4 rings (SSSR count). The Hall–Kier alpha value is -2.11. The fourth-order valence-corrected chi connectivity index (χ4v) is 3.22. The highest BCUT2D eigenvalue weighted by atomic mass is 16.2. The van der Waals surface area contributed by atoms with Crippen molar-refractivity contribution < 1.29 is 4.79 Å². The van der Waals surface area contributed by atoms with Crippen LogP contribution in [0, 0.1) is 0 Å². The van der Waals surface area contributed by atoms with Gasteiger partial charge in [-0.3, -0.25) is 14.6 Å². The zero-order valence-electron chi connectivity index (χ0n) is 12.9. The van der Waals surface area contributed by atoms with Crippen LogP contribution in [0.25, 0.3) is 0 Å². The summed E-state index contributed by atoms with van der Waals surface area (Å²) in [4.78, 5) is 14.5. The summed E-state index contributed by atoms with van der Waals surface area (Å²) in [5.41, 5.74) is 4.38. The molecule has 0 unspecified atom stereocenters. The predicted molar refractivity (Wildman–Crippen MR) is 81.8 cm³/mol. The lowest BCUT2D eigenvalue weighted by atomic mass is 10.1. The zero-order valence-corrected chi connectivity index (χ0v) is 12.9. The molecule has 2 aromatic rings.